The Kier molecular flexibility index (Phi) is 2.75. The first-order valence-electron chi connectivity index (χ1n) is 4.92. The van der Waals surface area contributed by atoms with E-state index in [2.05, 4.69) is 4.98 Å². The normalized spacial score (nSPS) is 14.7. The zero-order chi connectivity index (χ0) is 11.6. The number of furan rings is 1. The highest BCUT2D eigenvalue weighted by atomic mass is 19.1. The van der Waals surface area contributed by atoms with Crippen molar-refractivity contribution in [2.75, 3.05) is 0 Å². The number of aliphatic hydroxyl groups is 1. The number of halogens is 1. The molecule has 1 N–H and O–H groups in total. The van der Waals surface area contributed by atoms with E-state index in [1.165, 1.54) is 18.5 Å². The maximum Gasteiger partial charge on any atom is 0.141 e. The van der Waals surface area contributed by atoms with Crippen LogP contribution in [0.2, 0.25) is 0 Å². The zero-order valence-electron chi connectivity index (χ0n) is 8.85. The fourth-order valence-electron chi connectivity index (χ4n) is 1.60. The van der Waals surface area contributed by atoms with E-state index in [4.69, 9.17) is 4.42 Å². The first kappa shape index (κ1) is 10.8. The Balaban J connectivity index is 2.24. The van der Waals surface area contributed by atoms with Crippen LogP contribution < -0.4 is 0 Å². The van der Waals surface area contributed by atoms with E-state index < -0.39 is 11.4 Å². The molecule has 0 radical (unpaired) electrons. The van der Waals surface area contributed by atoms with Gasteiger partial charge in [-0.2, -0.15) is 0 Å². The van der Waals surface area contributed by atoms with Crippen molar-refractivity contribution in [3.63, 3.8) is 0 Å². The molecule has 0 bridgehead atoms. The van der Waals surface area contributed by atoms with E-state index >= 15 is 0 Å². The summed E-state index contributed by atoms with van der Waals surface area (Å²) in [4.78, 5) is 3.72. The molecular weight excluding hydrogens is 209 g/mol. The molecule has 1 atom stereocenters. The third-order valence-electron chi connectivity index (χ3n) is 2.46. The molecule has 2 heterocycles. The molecule has 0 saturated heterocycles. The van der Waals surface area contributed by atoms with Crippen LogP contribution in [0.4, 0.5) is 4.39 Å². The monoisotopic (exact) mass is 221 g/mol. The predicted octanol–water partition coefficient (Wildman–Crippen LogP) is 2.26. The van der Waals surface area contributed by atoms with E-state index in [9.17, 15) is 9.50 Å². The van der Waals surface area contributed by atoms with Gasteiger partial charge in [0.25, 0.3) is 0 Å². The van der Waals surface area contributed by atoms with Gasteiger partial charge in [-0.3, -0.25) is 4.98 Å². The van der Waals surface area contributed by atoms with Gasteiger partial charge in [-0.1, -0.05) is 0 Å². The Morgan fingerprint density at radius 3 is 2.94 bits per heavy atom. The molecule has 0 aliphatic heterocycles. The fourth-order valence-corrected chi connectivity index (χ4v) is 1.60. The molecule has 1 unspecified atom stereocenters. The quantitative estimate of drug-likeness (QED) is 0.864. The highest BCUT2D eigenvalue weighted by Gasteiger charge is 2.24. The van der Waals surface area contributed by atoms with Crippen molar-refractivity contribution in [1.82, 2.24) is 4.98 Å². The second-order valence-electron chi connectivity index (χ2n) is 3.97. The molecule has 0 fully saturated rings. The van der Waals surface area contributed by atoms with Gasteiger partial charge in [0.05, 0.1) is 24.3 Å². The van der Waals surface area contributed by atoms with Crippen LogP contribution in [0.3, 0.4) is 0 Å². The van der Waals surface area contributed by atoms with Crippen molar-refractivity contribution in [2.45, 2.75) is 18.9 Å². The number of pyridine rings is 1. The minimum absolute atomic E-state index is 0.356. The first-order valence-corrected chi connectivity index (χ1v) is 4.92. The summed E-state index contributed by atoms with van der Waals surface area (Å²) in [7, 11) is 0. The van der Waals surface area contributed by atoms with Crippen molar-refractivity contribution < 1.29 is 13.9 Å². The molecule has 0 aromatic carbocycles. The summed E-state index contributed by atoms with van der Waals surface area (Å²) in [5, 5.41) is 10.2. The Morgan fingerprint density at radius 1 is 1.50 bits per heavy atom. The number of rotatable bonds is 3. The molecule has 3 nitrogen and oxygen atoms in total. The van der Waals surface area contributed by atoms with E-state index in [1.54, 1.807) is 19.3 Å². The van der Waals surface area contributed by atoms with Crippen LogP contribution in [0.25, 0.3) is 0 Å². The standard InChI is InChI=1S/C12H12FNO2/c1-12(15,5-9-2-3-16-8-9)10-4-11(13)7-14-6-10/h2-4,6-8,15H,5H2,1H3. The first-order chi connectivity index (χ1) is 7.58. The van der Waals surface area contributed by atoms with Crippen molar-refractivity contribution in [2.24, 2.45) is 0 Å². The third-order valence-corrected chi connectivity index (χ3v) is 2.46. The summed E-state index contributed by atoms with van der Waals surface area (Å²) >= 11 is 0. The molecule has 84 valence electrons. The topological polar surface area (TPSA) is 46.3 Å². The molecule has 2 aromatic rings. The average molecular weight is 221 g/mol. The number of hydrogen-bond donors (Lipinski definition) is 1. The molecule has 0 spiro atoms. The maximum atomic E-state index is 13.0. The molecule has 0 aliphatic rings. The average Bonchev–Trinajstić information content (AvgIpc) is 2.70. The molecule has 2 rings (SSSR count). The molecular formula is C12H12FNO2. The van der Waals surface area contributed by atoms with E-state index in [-0.39, 0.29) is 0 Å². The lowest BCUT2D eigenvalue weighted by atomic mass is 9.91. The van der Waals surface area contributed by atoms with Gasteiger partial charge in [-0.15, -0.1) is 0 Å². The van der Waals surface area contributed by atoms with E-state index in [1.807, 2.05) is 0 Å². The predicted molar refractivity (Wildman–Crippen MR) is 56.2 cm³/mol. The van der Waals surface area contributed by atoms with Gasteiger partial charge in [0.15, 0.2) is 0 Å². The van der Waals surface area contributed by atoms with Crippen molar-refractivity contribution in [3.8, 4) is 0 Å². The summed E-state index contributed by atoms with van der Waals surface area (Å²) in [6.07, 6.45) is 6.02. The lowest BCUT2D eigenvalue weighted by molar-refractivity contribution is 0.0567. The second-order valence-corrected chi connectivity index (χ2v) is 3.97. The Hall–Kier alpha value is -1.68. The summed E-state index contributed by atoms with van der Waals surface area (Å²) in [5.41, 5.74) is 0.155. The SMILES string of the molecule is CC(O)(Cc1ccoc1)c1cncc(F)c1. The smallest absolute Gasteiger partial charge is 0.141 e. The third kappa shape index (κ3) is 2.28. The summed E-state index contributed by atoms with van der Waals surface area (Å²) in [6.45, 7) is 1.62. The molecule has 16 heavy (non-hydrogen) atoms. The molecule has 2 aromatic heterocycles. The number of nitrogens with zero attached hydrogens (tertiary/aromatic N) is 1. The zero-order valence-corrected chi connectivity index (χ0v) is 8.85. The van der Waals surface area contributed by atoms with Crippen LogP contribution in [0.1, 0.15) is 18.1 Å². The van der Waals surface area contributed by atoms with Crippen LogP contribution in [-0.4, -0.2) is 10.1 Å². The van der Waals surface area contributed by atoms with Gasteiger partial charge in [-0.25, -0.2) is 4.39 Å². The summed E-state index contributed by atoms with van der Waals surface area (Å²) in [6, 6.07) is 3.05. The van der Waals surface area contributed by atoms with Crippen LogP contribution in [0, 0.1) is 5.82 Å². The number of aromatic nitrogens is 1. The van der Waals surface area contributed by atoms with E-state index in [0.717, 1.165) is 11.8 Å². The molecule has 0 saturated carbocycles. The Morgan fingerprint density at radius 2 is 2.31 bits per heavy atom. The van der Waals surface area contributed by atoms with Crippen LogP contribution >= 0.6 is 0 Å². The van der Waals surface area contributed by atoms with Gasteiger partial charge in [0, 0.05) is 18.2 Å². The number of hydrogen-bond acceptors (Lipinski definition) is 3. The largest absolute Gasteiger partial charge is 0.472 e. The second kappa shape index (κ2) is 4.06. The van der Waals surface area contributed by atoms with Gasteiger partial charge >= 0.3 is 0 Å². The summed E-state index contributed by atoms with van der Waals surface area (Å²) in [5.74, 6) is -0.454. The highest BCUT2D eigenvalue weighted by Crippen LogP contribution is 2.25. The minimum Gasteiger partial charge on any atom is -0.472 e. The fraction of sp³-hybridized carbons (Fsp3) is 0.250. The van der Waals surface area contributed by atoms with Gasteiger partial charge in [-0.05, 0) is 24.6 Å². The lowest BCUT2D eigenvalue weighted by Gasteiger charge is -2.22. The Labute approximate surface area is 92.6 Å². The minimum atomic E-state index is -1.15. The van der Waals surface area contributed by atoms with Gasteiger partial charge in [0.2, 0.25) is 0 Å². The summed E-state index contributed by atoms with van der Waals surface area (Å²) < 4.78 is 17.9. The van der Waals surface area contributed by atoms with Crippen LogP contribution in [-0.2, 0) is 12.0 Å². The molecule has 0 amide bonds. The molecule has 4 heteroatoms. The van der Waals surface area contributed by atoms with Crippen molar-refractivity contribution in [1.29, 1.82) is 0 Å². The lowest BCUT2D eigenvalue weighted by Crippen LogP contribution is -2.24. The van der Waals surface area contributed by atoms with Crippen LogP contribution in [0.15, 0.2) is 41.5 Å². The highest BCUT2D eigenvalue weighted by molar-refractivity contribution is 5.22. The van der Waals surface area contributed by atoms with Gasteiger partial charge < -0.3 is 9.52 Å². The van der Waals surface area contributed by atoms with Crippen molar-refractivity contribution >= 4 is 0 Å². The Bertz CT molecular complexity index is 466. The van der Waals surface area contributed by atoms with Gasteiger partial charge in [0.1, 0.15) is 5.82 Å². The maximum absolute atomic E-state index is 13.0. The van der Waals surface area contributed by atoms with Crippen molar-refractivity contribution in [3.05, 3.63) is 54.0 Å². The molecule has 0 aliphatic carbocycles. The van der Waals surface area contributed by atoms with Crippen LogP contribution in [0.5, 0.6) is 0 Å². The van der Waals surface area contributed by atoms with E-state index in [0.29, 0.717) is 12.0 Å².